The number of fused-ring (bicyclic) bond motifs is 15. The summed E-state index contributed by atoms with van der Waals surface area (Å²) in [5, 5.41) is 12.0. The second kappa shape index (κ2) is 30.1. The van der Waals surface area contributed by atoms with E-state index in [1.165, 1.54) is 110 Å². The Morgan fingerprint density at radius 1 is 0.136 bits per heavy atom. The maximum Gasteiger partial charge on any atom is 0.238 e. The lowest BCUT2D eigenvalue weighted by Gasteiger charge is -2.14. The van der Waals surface area contributed by atoms with Crippen LogP contribution in [0.2, 0.25) is 0 Å². The monoisotopic (exact) mass is 1590 g/mol. The van der Waals surface area contributed by atoms with Gasteiger partial charge in [-0.15, -0.1) is 0 Å². The molecule has 584 valence electrons. The quantitative estimate of drug-likeness (QED) is 0.115. The number of hydrogen-bond donors (Lipinski definition) is 0. The average molecular weight is 1590 g/mol. The summed E-state index contributed by atoms with van der Waals surface area (Å²) in [5.41, 5.74) is 30.5. The fraction of sp³-hybridized carbons (Fsp3) is 0. The largest absolute Gasteiger partial charge is 0.309 e. The van der Waals surface area contributed by atoms with Gasteiger partial charge in [0.2, 0.25) is 5.95 Å². The first kappa shape index (κ1) is 72.2. The minimum Gasteiger partial charge on any atom is -0.309 e. The van der Waals surface area contributed by atoms with E-state index in [-0.39, 0.29) is 0 Å². The number of hydrogen-bond acceptors (Lipinski definition) is 4. The van der Waals surface area contributed by atoms with E-state index in [2.05, 4.69) is 417 Å². The molecule has 0 atom stereocenters. The van der Waals surface area contributed by atoms with Crippen molar-refractivity contribution in [3.8, 4) is 118 Å². The van der Waals surface area contributed by atoms with Gasteiger partial charge in [0.15, 0.2) is 11.6 Å². The SMILES string of the molecule is c1ccc(-c2ccc(-c3cc(-c4ccc(-c5ccccc5)cc4)nc(-n4c5ccccc5c5cc(-c6ccc7c(c6)c6ccccc6n7-c6ccccc6)ccc54)c3)cc2)cc1.c1ccc(-c2nc(-c3ccccc3)nc(-n3c4ccccc4c4cc(-c5ccc6c(c5)c5ccccc5n6-c5ccc6c(c5)c5ccccc5n6-c5ccccc5)ccc43)n2)cc1. The number of para-hydroxylation sites is 7. The van der Waals surface area contributed by atoms with E-state index < -0.39 is 0 Å². The minimum absolute atomic E-state index is 0.582. The van der Waals surface area contributed by atoms with Crippen LogP contribution in [0.4, 0.5) is 0 Å². The molecule has 0 N–H and O–H groups in total. The molecular formula is C116H75N9. The summed E-state index contributed by atoms with van der Waals surface area (Å²) in [6, 6.07) is 163. The Morgan fingerprint density at radius 2 is 0.400 bits per heavy atom. The zero-order valence-corrected chi connectivity index (χ0v) is 67.8. The summed E-state index contributed by atoms with van der Waals surface area (Å²) in [6.45, 7) is 0. The molecule has 25 rings (SSSR count). The molecule has 0 amide bonds. The van der Waals surface area contributed by atoms with Gasteiger partial charge in [-0.25, -0.2) is 9.97 Å². The standard InChI is InChI=1S/C59H39N3.C57H36N6/c1-4-14-40(15-5-1)42-24-26-44(27-25-42)48-38-54(45-30-28-43(29-31-45)41-16-6-2-7-17-41)60-59(39-48)62-56-23-13-11-21-51(56)53-37-47(33-35-58(53)62)46-32-34-57-52(36-46)50-20-10-12-22-55(50)61(57)49-18-8-3-9-19-49;1-4-16-37(17-5-1)55-58-56(38-18-6-2-7-19-38)60-57(59-55)63-51-27-15-12-23-44(51)47-35-40(29-32-54(47)63)39-28-31-52-46(34-39)43-22-10-14-26-50(43)62(52)42-30-33-53-48(36-42)45-24-11-13-25-49(45)61(53)41-20-8-3-9-21-41/h1-39H;1-36H. The van der Waals surface area contributed by atoms with Crippen molar-refractivity contribution in [2.24, 2.45) is 0 Å². The molecule has 0 aliphatic carbocycles. The molecule has 9 heteroatoms. The lowest BCUT2D eigenvalue weighted by atomic mass is 9.98. The van der Waals surface area contributed by atoms with Crippen LogP contribution in [0.15, 0.2) is 455 Å². The summed E-state index contributed by atoms with van der Waals surface area (Å²) >= 11 is 0. The van der Waals surface area contributed by atoms with E-state index in [4.69, 9.17) is 19.9 Å². The summed E-state index contributed by atoms with van der Waals surface area (Å²) in [6.07, 6.45) is 0. The first-order valence-electron chi connectivity index (χ1n) is 42.5. The van der Waals surface area contributed by atoms with E-state index in [9.17, 15) is 0 Å². The van der Waals surface area contributed by atoms with Gasteiger partial charge in [-0.2, -0.15) is 9.97 Å². The van der Waals surface area contributed by atoms with Gasteiger partial charge in [-0.1, -0.05) is 322 Å². The zero-order valence-electron chi connectivity index (χ0n) is 67.8. The maximum absolute atomic E-state index is 5.47. The lowest BCUT2D eigenvalue weighted by Crippen LogP contribution is -2.06. The molecule has 0 aliphatic rings. The molecule has 9 nitrogen and oxygen atoms in total. The van der Waals surface area contributed by atoms with Crippen molar-refractivity contribution in [1.82, 2.24) is 42.8 Å². The third-order valence-electron chi connectivity index (χ3n) is 24.8. The molecule has 0 saturated carbocycles. The van der Waals surface area contributed by atoms with Gasteiger partial charge >= 0.3 is 0 Å². The Hall–Kier alpha value is -16.9. The Labute approximate surface area is 720 Å². The molecule has 0 bridgehead atoms. The van der Waals surface area contributed by atoms with Crippen LogP contribution in [0.5, 0.6) is 0 Å². The van der Waals surface area contributed by atoms with Crippen molar-refractivity contribution in [3.05, 3.63) is 455 Å². The Morgan fingerprint density at radius 3 is 0.792 bits per heavy atom. The highest BCUT2D eigenvalue weighted by Gasteiger charge is 2.24. The molecule has 0 radical (unpaired) electrons. The summed E-state index contributed by atoms with van der Waals surface area (Å²) in [7, 11) is 0. The van der Waals surface area contributed by atoms with Crippen molar-refractivity contribution < 1.29 is 0 Å². The first-order valence-corrected chi connectivity index (χ1v) is 42.5. The molecule has 7 aromatic heterocycles. The molecule has 18 aromatic carbocycles. The van der Waals surface area contributed by atoms with Crippen LogP contribution >= 0.6 is 0 Å². The van der Waals surface area contributed by atoms with Gasteiger partial charge in [0.25, 0.3) is 0 Å². The molecule has 0 fully saturated rings. The maximum atomic E-state index is 5.47. The first-order chi connectivity index (χ1) is 62.0. The van der Waals surface area contributed by atoms with Gasteiger partial charge in [-0.05, 0) is 189 Å². The van der Waals surface area contributed by atoms with E-state index in [1.54, 1.807) is 0 Å². The smallest absolute Gasteiger partial charge is 0.238 e. The third kappa shape index (κ3) is 12.5. The Balaban J connectivity index is 0.000000140. The van der Waals surface area contributed by atoms with E-state index >= 15 is 0 Å². The second-order valence-corrected chi connectivity index (χ2v) is 32.1. The van der Waals surface area contributed by atoms with Crippen LogP contribution in [0.1, 0.15) is 0 Å². The molecule has 0 spiro atoms. The molecule has 0 saturated heterocycles. The summed E-state index contributed by atoms with van der Waals surface area (Å²) in [4.78, 5) is 20.7. The van der Waals surface area contributed by atoms with E-state index in [0.29, 0.717) is 17.6 Å². The number of aromatic nitrogens is 9. The molecule has 125 heavy (non-hydrogen) atoms. The Bertz CT molecular complexity index is 8320. The number of nitrogens with zero attached hydrogens (tertiary/aromatic N) is 9. The van der Waals surface area contributed by atoms with Crippen molar-refractivity contribution in [3.63, 3.8) is 0 Å². The Kier molecular flexibility index (Phi) is 17.4. The fourth-order valence-corrected chi connectivity index (χ4v) is 19.0. The summed E-state index contributed by atoms with van der Waals surface area (Å²) < 4.78 is 11.7. The normalized spacial score (nSPS) is 11.7. The number of rotatable bonds is 13. The van der Waals surface area contributed by atoms with Crippen molar-refractivity contribution in [2.45, 2.75) is 0 Å². The van der Waals surface area contributed by atoms with Crippen LogP contribution in [-0.2, 0) is 0 Å². The van der Waals surface area contributed by atoms with Crippen LogP contribution in [0, 0.1) is 0 Å². The predicted molar refractivity (Wildman–Crippen MR) is 519 cm³/mol. The molecule has 7 heterocycles. The molecule has 25 aromatic rings. The number of benzene rings is 18. The van der Waals surface area contributed by atoms with Crippen LogP contribution in [0.3, 0.4) is 0 Å². The highest BCUT2D eigenvalue weighted by molar-refractivity contribution is 6.16. The van der Waals surface area contributed by atoms with Crippen LogP contribution in [-0.4, -0.2) is 42.8 Å². The fourth-order valence-electron chi connectivity index (χ4n) is 19.0. The van der Waals surface area contributed by atoms with Crippen molar-refractivity contribution >= 4 is 109 Å². The molecule has 0 aliphatic heterocycles. The van der Waals surface area contributed by atoms with Crippen LogP contribution in [0.25, 0.3) is 228 Å². The highest BCUT2D eigenvalue weighted by Crippen LogP contribution is 2.44. The minimum atomic E-state index is 0.582. The van der Waals surface area contributed by atoms with E-state index in [1.807, 2.05) is 60.7 Å². The van der Waals surface area contributed by atoms with Crippen molar-refractivity contribution in [2.75, 3.05) is 0 Å². The third-order valence-corrected chi connectivity index (χ3v) is 24.8. The number of pyridine rings is 1. The average Bonchev–Trinajstić information content (AvgIpc) is 1.60. The molecular weight excluding hydrogens is 1520 g/mol. The topological polar surface area (TPSA) is 76.2 Å². The van der Waals surface area contributed by atoms with Gasteiger partial charge < -0.3 is 13.7 Å². The predicted octanol–water partition coefficient (Wildman–Crippen LogP) is 29.8. The molecule has 0 unspecified atom stereocenters. The van der Waals surface area contributed by atoms with Crippen molar-refractivity contribution in [1.29, 1.82) is 0 Å². The highest BCUT2D eigenvalue weighted by atomic mass is 15.2. The lowest BCUT2D eigenvalue weighted by molar-refractivity contribution is 0.953. The zero-order chi connectivity index (χ0) is 82.4. The van der Waals surface area contributed by atoms with Crippen LogP contribution < -0.4 is 0 Å². The van der Waals surface area contributed by atoms with Gasteiger partial charge in [0.1, 0.15) is 5.82 Å². The van der Waals surface area contributed by atoms with Gasteiger partial charge in [0.05, 0.1) is 60.9 Å². The second-order valence-electron chi connectivity index (χ2n) is 32.1. The van der Waals surface area contributed by atoms with Gasteiger partial charge in [-0.3, -0.25) is 9.13 Å². The van der Waals surface area contributed by atoms with E-state index in [0.717, 1.165) is 100 Å². The van der Waals surface area contributed by atoms with Gasteiger partial charge in [0, 0.05) is 87.6 Å². The summed E-state index contributed by atoms with van der Waals surface area (Å²) in [5.74, 6) is 2.73.